The highest BCUT2D eigenvalue weighted by atomic mass is 32.2. The summed E-state index contributed by atoms with van der Waals surface area (Å²) >= 11 is 0. The second kappa shape index (κ2) is 8.93. The van der Waals surface area contributed by atoms with E-state index in [1.165, 1.54) is 36.4 Å². The Labute approximate surface area is 181 Å². The number of carbonyl (C=O) groups excluding carboxylic acids is 1. The number of aromatic nitrogens is 1. The first-order valence-corrected chi connectivity index (χ1v) is 10.9. The van der Waals surface area contributed by atoms with Gasteiger partial charge in [0.25, 0.3) is 15.8 Å². The Balaban J connectivity index is 1.99. The van der Waals surface area contributed by atoms with Crippen LogP contribution in [0.1, 0.15) is 19.4 Å². The molecule has 0 aliphatic heterocycles. The molecule has 0 bridgehead atoms. The van der Waals surface area contributed by atoms with Crippen molar-refractivity contribution in [2.45, 2.75) is 20.4 Å². The molecule has 0 atom stereocenters. The lowest BCUT2D eigenvalue weighted by Crippen LogP contribution is -2.33. The van der Waals surface area contributed by atoms with Crippen LogP contribution < -0.4 is 25.5 Å². The number of nitrogens with one attached hydrogen (secondary N) is 2. The van der Waals surface area contributed by atoms with Crippen molar-refractivity contribution in [3.05, 3.63) is 68.7 Å². The zero-order chi connectivity index (χ0) is 23.6. The second-order valence-corrected chi connectivity index (χ2v) is 8.70. The third-order valence-corrected chi connectivity index (χ3v) is 5.48. The van der Waals surface area contributed by atoms with Gasteiger partial charge in [0.15, 0.2) is 5.82 Å². The minimum atomic E-state index is -3.97. The Morgan fingerprint density at radius 2 is 1.94 bits per heavy atom. The maximum Gasteiger partial charge on any atom is 0.422 e. The number of carbonyl (C=O) groups is 1. The van der Waals surface area contributed by atoms with Gasteiger partial charge in [0.1, 0.15) is 11.3 Å². The average Bonchev–Trinajstić information content (AvgIpc) is 2.73. The molecule has 0 fully saturated rings. The molecule has 3 rings (SSSR count). The fraction of sp³-hybridized carbons (Fsp3) is 0.250. The summed E-state index contributed by atoms with van der Waals surface area (Å²) in [6, 6.07) is 7.82. The summed E-state index contributed by atoms with van der Waals surface area (Å²) in [6.45, 7) is 2.81. The molecule has 0 saturated carbocycles. The van der Waals surface area contributed by atoms with Crippen LogP contribution in [-0.4, -0.2) is 26.0 Å². The number of benzene rings is 2. The van der Waals surface area contributed by atoms with Gasteiger partial charge in [-0.2, -0.15) is 8.42 Å². The van der Waals surface area contributed by atoms with E-state index in [2.05, 4.69) is 0 Å². The first-order chi connectivity index (χ1) is 15.0. The van der Waals surface area contributed by atoms with Crippen LogP contribution in [0.15, 0.2) is 50.4 Å². The predicted molar refractivity (Wildman–Crippen MR) is 114 cm³/mol. The Morgan fingerprint density at radius 3 is 2.59 bits per heavy atom. The molecule has 0 radical (unpaired) electrons. The molecule has 2 N–H and O–H groups in total. The Kier molecular flexibility index (Phi) is 6.46. The van der Waals surface area contributed by atoms with Gasteiger partial charge < -0.3 is 9.15 Å². The van der Waals surface area contributed by atoms with Gasteiger partial charge in [-0.1, -0.05) is 26.0 Å². The highest BCUT2D eigenvalue weighted by molar-refractivity contribution is 7.90. The van der Waals surface area contributed by atoms with Crippen LogP contribution in [0.25, 0.3) is 11.0 Å². The van der Waals surface area contributed by atoms with Crippen molar-refractivity contribution < 1.29 is 26.8 Å². The standard InChI is InChI=1S/C20H20FN3O7S/c1-11(2)19(26)30-13-7-8-14-16(9-13)31-20(27)24(18(14)25)10-12-5-4-6-15(17(12)21)23-32(28,29)22-3/h4-9,11,22-23H,10H2,1-3H3. The number of hydrogen-bond acceptors (Lipinski definition) is 7. The molecular weight excluding hydrogens is 445 g/mol. The number of esters is 1. The van der Waals surface area contributed by atoms with E-state index < -0.39 is 39.9 Å². The summed E-state index contributed by atoms with van der Waals surface area (Å²) in [6.07, 6.45) is 0. The van der Waals surface area contributed by atoms with Crippen molar-refractivity contribution in [3.8, 4) is 5.75 Å². The number of fused-ring (bicyclic) bond motifs is 1. The number of anilines is 1. The van der Waals surface area contributed by atoms with Gasteiger partial charge in [0, 0.05) is 18.7 Å². The van der Waals surface area contributed by atoms with Crippen molar-refractivity contribution in [3.63, 3.8) is 0 Å². The summed E-state index contributed by atoms with van der Waals surface area (Å²) in [5.41, 5.74) is -1.32. The lowest BCUT2D eigenvalue weighted by atomic mass is 10.2. The maximum absolute atomic E-state index is 14.8. The van der Waals surface area contributed by atoms with E-state index in [-0.39, 0.29) is 33.9 Å². The first kappa shape index (κ1) is 23.2. The number of nitrogens with zero attached hydrogens (tertiary/aromatic N) is 1. The van der Waals surface area contributed by atoms with Crippen molar-refractivity contribution >= 4 is 32.8 Å². The van der Waals surface area contributed by atoms with E-state index in [9.17, 15) is 27.2 Å². The van der Waals surface area contributed by atoms with Crippen molar-refractivity contribution in [2.75, 3.05) is 11.8 Å². The minimum Gasteiger partial charge on any atom is -0.426 e. The molecule has 32 heavy (non-hydrogen) atoms. The number of hydrogen-bond donors (Lipinski definition) is 2. The van der Waals surface area contributed by atoms with Crippen LogP contribution >= 0.6 is 0 Å². The van der Waals surface area contributed by atoms with Crippen molar-refractivity contribution in [1.82, 2.24) is 9.29 Å². The SMILES string of the molecule is CNS(=O)(=O)Nc1cccc(Cn2c(=O)oc3cc(OC(=O)C(C)C)ccc3c2=O)c1F. The van der Waals surface area contributed by atoms with E-state index in [4.69, 9.17) is 9.15 Å². The average molecular weight is 465 g/mol. The molecule has 1 aromatic heterocycles. The normalized spacial score (nSPS) is 11.7. The summed E-state index contributed by atoms with van der Waals surface area (Å²) in [7, 11) is -2.82. The molecule has 10 nitrogen and oxygen atoms in total. The van der Waals surface area contributed by atoms with Crippen LogP contribution in [0.3, 0.4) is 0 Å². The summed E-state index contributed by atoms with van der Waals surface area (Å²) < 4.78 is 53.1. The fourth-order valence-corrected chi connectivity index (χ4v) is 3.27. The molecule has 1 heterocycles. The van der Waals surface area contributed by atoms with Gasteiger partial charge in [-0.25, -0.2) is 18.5 Å². The van der Waals surface area contributed by atoms with Crippen LogP contribution in [0.4, 0.5) is 10.1 Å². The zero-order valence-corrected chi connectivity index (χ0v) is 18.2. The minimum absolute atomic E-state index is 0.0152. The van der Waals surface area contributed by atoms with Gasteiger partial charge >= 0.3 is 11.7 Å². The molecule has 0 spiro atoms. The highest BCUT2D eigenvalue weighted by Crippen LogP contribution is 2.21. The Morgan fingerprint density at radius 1 is 1.22 bits per heavy atom. The summed E-state index contributed by atoms with van der Waals surface area (Å²) in [4.78, 5) is 37.0. The van der Waals surface area contributed by atoms with Crippen molar-refractivity contribution in [2.24, 2.45) is 5.92 Å². The first-order valence-electron chi connectivity index (χ1n) is 9.40. The molecule has 170 valence electrons. The molecule has 3 aromatic rings. The van der Waals surface area contributed by atoms with E-state index >= 15 is 0 Å². The van der Waals surface area contributed by atoms with E-state index in [0.29, 0.717) is 4.57 Å². The van der Waals surface area contributed by atoms with E-state index in [1.54, 1.807) is 13.8 Å². The zero-order valence-electron chi connectivity index (χ0n) is 17.3. The predicted octanol–water partition coefficient (Wildman–Crippen LogP) is 1.58. The molecule has 0 saturated heterocycles. The molecule has 0 amide bonds. The van der Waals surface area contributed by atoms with Crippen LogP contribution in [-0.2, 0) is 21.5 Å². The van der Waals surface area contributed by atoms with Crippen molar-refractivity contribution in [1.29, 1.82) is 0 Å². The van der Waals surface area contributed by atoms with Gasteiger partial charge in [0.2, 0.25) is 0 Å². The molecule has 0 aliphatic rings. The smallest absolute Gasteiger partial charge is 0.422 e. The van der Waals surface area contributed by atoms with E-state index in [1.807, 2.05) is 9.44 Å². The Hall–Kier alpha value is -3.51. The van der Waals surface area contributed by atoms with Crippen LogP contribution in [0.5, 0.6) is 5.75 Å². The lowest BCUT2D eigenvalue weighted by molar-refractivity contribution is -0.137. The number of halogens is 1. The summed E-state index contributed by atoms with van der Waals surface area (Å²) in [5, 5.41) is 0.0152. The fourth-order valence-electron chi connectivity index (χ4n) is 2.72. The maximum atomic E-state index is 14.8. The lowest BCUT2D eigenvalue weighted by Gasteiger charge is -2.12. The molecule has 2 aromatic carbocycles. The summed E-state index contributed by atoms with van der Waals surface area (Å²) in [5.74, 6) is -2.78. The third-order valence-electron chi connectivity index (χ3n) is 4.46. The van der Waals surface area contributed by atoms with Gasteiger partial charge in [-0.3, -0.25) is 14.3 Å². The highest BCUT2D eigenvalue weighted by Gasteiger charge is 2.17. The van der Waals surface area contributed by atoms with Gasteiger partial charge in [-0.05, 0) is 18.2 Å². The van der Waals surface area contributed by atoms with Gasteiger partial charge in [-0.15, -0.1) is 0 Å². The second-order valence-electron chi connectivity index (χ2n) is 7.08. The number of ether oxygens (including phenoxy) is 1. The topological polar surface area (TPSA) is 137 Å². The van der Waals surface area contributed by atoms with Crippen LogP contribution in [0.2, 0.25) is 0 Å². The van der Waals surface area contributed by atoms with E-state index in [0.717, 1.165) is 7.05 Å². The largest absolute Gasteiger partial charge is 0.426 e. The Bertz CT molecular complexity index is 1410. The van der Waals surface area contributed by atoms with Gasteiger partial charge in [0.05, 0.1) is 23.5 Å². The third kappa shape index (κ3) is 4.86. The molecular formula is C20H20FN3O7S. The molecule has 12 heteroatoms. The molecule has 0 aliphatic carbocycles. The van der Waals surface area contributed by atoms with Crippen LogP contribution in [0, 0.1) is 11.7 Å². The number of rotatable bonds is 7. The molecule has 0 unspecified atom stereocenters. The quantitative estimate of drug-likeness (QED) is 0.399. The monoisotopic (exact) mass is 465 g/mol.